The Morgan fingerprint density at radius 3 is 2.27 bits per heavy atom. The highest BCUT2D eigenvalue weighted by molar-refractivity contribution is 6.21. The maximum atomic E-state index is 12.4. The van der Waals surface area contributed by atoms with E-state index in [1.807, 2.05) is 12.1 Å². The van der Waals surface area contributed by atoms with Crippen LogP contribution in [-0.2, 0) is 0 Å². The highest BCUT2D eigenvalue weighted by Crippen LogP contribution is 2.23. The summed E-state index contributed by atoms with van der Waals surface area (Å²) in [5.41, 5.74) is 1.65. The van der Waals surface area contributed by atoms with E-state index >= 15 is 0 Å². The first-order chi connectivity index (χ1) is 14.7. The molecular formula is C24H25N3O3. The molecule has 154 valence electrons. The Kier molecular flexibility index (Phi) is 6.10. The number of benzene rings is 2. The van der Waals surface area contributed by atoms with E-state index in [0.29, 0.717) is 23.2 Å². The van der Waals surface area contributed by atoms with E-state index in [1.165, 1.54) is 4.90 Å². The molecule has 0 bridgehead atoms. The molecule has 2 aromatic rings. The highest BCUT2D eigenvalue weighted by Gasteiger charge is 2.34. The fourth-order valence-electron chi connectivity index (χ4n) is 4.13. The molecule has 0 saturated carbocycles. The van der Waals surface area contributed by atoms with E-state index < -0.39 is 0 Å². The third-order valence-electron chi connectivity index (χ3n) is 5.78. The van der Waals surface area contributed by atoms with E-state index in [2.05, 4.69) is 11.0 Å². The average molecular weight is 403 g/mol. The zero-order chi connectivity index (χ0) is 20.9. The lowest BCUT2D eigenvalue weighted by Crippen LogP contribution is -2.39. The third kappa shape index (κ3) is 4.37. The van der Waals surface area contributed by atoms with Crippen molar-refractivity contribution < 1.29 is 14.3 Å². The first kappa shape index (κ1) is 20.1. The maximum absolute atomic E-state index is 12.4. The Morgan fingerprint density at radius 1 is 0.933 bits per heavy atom. The number of hydrogen-bond acceptors (Lipinski definition) is 5. The molecule has 4 rings (SSSR count). The van der Waals surface area contributed by atoms with Crippen LogP contribution in [0.25, 0.3) is 0 Å². The molecule has 6 heteroatoms. The van der Waals surface area contributed by atoms with Gasteiger partial charge in [0.15, 0.2) is 0 Å². The molecule has 2 aliphatic heterocycles. The summed E-state index contributed by atoms with van der Waals surface area (Å²) in [6.07, 6.45) is 3.84. The van der Waals surface area contributed by atoms with Crippen molar-refractivity contribution in [3.8, 4) is 11.8 Å². The number of piperidine rings is 1. The number of carbonyl (C=O) groups is 2. The van der Waals surface area contributed by atoms with E-state index in [0.717, 1.165) is 51.1 Å². The molecule has 30 heavy (non-hydrogen) atoms. The van der Waals surface area contributed by atoms with Gasteiger partial charge in [0.25, 0.3) is 11.8 Å². The number of likely N-dealkylation sites (tertiary alicyclic amines) is 1. The van der Waals surface area contributed by atoms with Gasteiger partial charge >= 0.3 is 0 Å². The number of fused-ring (bicyclic) bond motifs is 1. The molecule has 0 N–H and O–H groups in total. The monoisotopic (exact) mass is 403 g/mol. The molecule has 0 unspecified atom stereocenters. The molecule has 2 heterocycles. The van der Waals surface area contributed by atoms with Crippen LogP contribution in [0, 0.1) is 11.3 Å². The van der Waals surface area contributed by atoms with E-state index in [9.17, 15) is 9.59 Å². The molecule has 2 amide bonds. The zero-order valence-electron chi connectivity index (χ0n) is 16.9. The second kappa shape index (κ2) is 9.10. The summed E-state index contributed by atoms with van der Waals surface area (Å²) in [6, 6.07) is 16.5. The summed E-state index contributed by atoms with van der Waals surface area (Å²) in [7, 11) is 0. The summed E-state index contributed by atoms with van der Waals surface area (Å²) < 4.78 is 6.03. The van der Waals surface area contributed by atoms with Gasteiger partial charge in [0.2, 0.25) is 0 Å². The number of unbranched alkanes of at least 4 members (excludes halogenated alkanes) is 1. The van der Waals surface area contributed by atoms with Gasteiger partial charge in [-0.05, 0) is 62.6 Å². The van der Waals surface area contributed by atoms with Crippen LogP contribution in [0.15, 0.2) is 48.5 Å². The fourth-order valence-corrected chi connectivity index (χ4v) is 4.13. The number of rotatable bonds is 7. The molecule has 0 spiro atoms. The van der Waals surface area contributed by atoms with Crippen molar-refractivity contribution in [2.24, 2.45) is 0 Å². The Morgan fingerprint density at radius 2 is 1.60 bits per heavy atom. The van der Waals surface area contributed by atoms with Crippen LogP contribution < -0.4 is 4.74 Å². The van der Waals surface area contributed by atoms with E-state index in [-0.39, 0.29) is 17.9 Å². The van der Waals surface area contributed by atoms with Gasteiger partial charge in [0, 0.05) is 19.6 Å². The van der Waals surface area contributed by atoms with E-state index in [1.54, 1.807) is 36.4 Å². The smallest absolute Gasteiger partial charge is 0.261 e. The minimum atomic E-state index is -0.172. The van der Waals surface area contributed by atoms with Crippen LogP contribution in [0.1, 0.15) is 52.0 Å². The first-order valence-corrected chi connectivity index (χ1v) is 10.5. The van der Waals surface area contributed by atoms with Gasteiger partial charge in [-0.25, -0.2) is 0 Å². The summed E-state index contributed by atoms with van der Waals surface area (Å²) in [5, 5.41) is 9.00. The lowest BCUT2D eigenvalue weighted by Gasteiger charge is -2.32. The maximum Gasteiger partial charge on any atom is 0.261 e. The van der Waals surface area contributed by atoms with Crippen molar-refractivity contribution in [1.29, 1.82) is 5.26 Å². The molecule has 0 aromatic heterocycles. The normalized spacial score (nSPS) is 17.1. The molecule has 0 radical (unpaired) electrons. The Balaban J connectivity index is 1.17. The summed E-state index contributed by atoms with van der Waals surface area (Å²) in [5.74, 6) is 0.413. The fraction of sp³-hybridized carbons (Fsp3) is 0.375. The lowest BCUT2D eigenvalue weighted by molar-refractivity contribution is 0.0646. The summed E-state index contributed by atoms with van der Waals surface area (Å²) in [6.45, 7) is 3.37. The number of ether oxygens (including phenoxy) is 1. The number of hydrogen-bond donors (Lipinski definition) is 0. The summed E-state index contributed by atoms with van der Waals surface area (Å²) in [4.78, 5) is 28.6. The Labute approximate surface area is 176 Å². The molecule has 2 aromatic carbocycles. The first-order valence-electron chi connectivity index (χ1n) is 10.5. The molecule has 0 aliphatic carbocycles. The zero-order valence-corrected chi connectivity index (χ0v) is 16.9. The minimum absolute atomic E-state index is 0.172. The topological polar surface area (TPSA) is 73.6 Å². The van der Waals surface area contributed by atoms with Gasteiger partial charge in [0.05, 0.1) is 22.8 Å². The van der Waals surface area contributed by atoms with Gasteiger partial charge < -0.3 is 9.64 Å². The van der Waals surface area contributed by atoms with Crippen molar-refractivity contribution in [1.82, 2.24) is 9.80 Å². The van der Waals surface area contributed by atoms with Gasteiger partial charge in [0.1, 0.15) is 11.9 Å². The van der Waals surface area contributed by atoms with Crippen molar-refractivity contribution >= 4 is 11.8 Å². The van der Waals surface area contributed by atoms with Crippen LogP contribution in [0.5, 0.6) is 5.75 Å². The predicted octanol–water partition coefficient (Wildman–Crippen LogP) is 3.48. The van der Waals surface area contributed by atoms with Gasteiger partial charge in [-0.1, -0.05) is 18.2 Å². The number of imide groups is 1. The molecule has 0 atom stereocenters. The Bertz CT molecular complexity index is 939. The average Bonchev–Trinajstić information content (AvgIpc) is 3.03. The van der Waals surface area contributed by atoms with Crippen LogP contribution in [0.4, 0.5) is 0 Å². The third-order valence-corrected chi connectivity index (χ3v) is 5.78. The molecule has 1 saturated heterocycles. The summed E-state index contributed by atoms with van der Waals surface area (Å²) >= 11 is 0. The standard InChI is InChI=1S/C24H25N3O3/c25-17-18-6-5-7-20(16-18)30-19-10-14-26(15-11-19)12-3-4-13-27-23(28)21-8-1-2-9-22(21)24(27)29/h1-2,5-9,16,19H,3-4,10-15H2. The van der Waals surface area contributed by atoms with Crippen LogP contribution in [0.3, 0.4) is 0 Å². The second-order valence-electron chi connectivity index (χ2n) is 7.81. The second-order valence-corrected chi connectivity index (χ2v) is 7.81. The van der Waals surface area contributed by atoms with Gasteiger partial charge in [-0.3, -0.25) is 14.5 Å². The number of amides is 2. The molecule has 2 aliphatic rings. The van der Waals surface area contributed by atoms with Crippen LogP contribution in [0.2, 0.25) is 0 Å². The highest BCUT2D eigenvalue weighted by atomic mass is 16.5. The van der Waals surface area contributed by atoms with Crippen LogP contribution in [-0.4, -0.2) is 53.9 Å². The van der Waals surface area contributed by atoms with Crippen molar-refractivity contribution in [3.05, 3.63) is 65.2 Å². The van der Waals surface area contributed by atoms with Gasteiger partial charge in [-0.15, -0.1) is 0 Å². The van der Waals surface area contributed by atoms with Crippen molar-refractivity contribution in [2.75, 3.05) is 26.2 Å². The van der Waals surface area contributed by atoms with Crippen LogP contribution >= 0.6 is 0 Å². The SMILES string of the molecule is N#Cc1cccc(OC2CCN(CCCCN3C(=O)c4ccccc4C3=O)CC2)c1. The number of nitrogens with zero attached hydrogens (tertiary/aromatic N) is 3. The lowest BCUT2D eigenvalue weighted by atomic mass is 10.1. The molecule has 1 fully saturated rings. The molecule has 6 nitrogen and oxygen atoms in total. The molecular weight excluding hydrogens is 378 g/mol. The van der Waals surface area contributed by atoms with E-state index in [4.69, 9.17) is 10.00 Å². The number of carbonyl (C=O) groups excluding carboxylic acids is 2. The van der Waals surface area contributed by atoms with Crippen molar-refractivity contribution in [3.63, 3.8) is 0 Å². The Hall–Kier alpha value is -3.17. The predicted molar refractivity (Wildman–Crippen MR) is 112 cm³/mol. The quantitative estimate of drug-likeness (QED) is 0.523. The van der Waals surface area contributed by atoms with Gasteiger partial charge in [-0.2, -0.15) is 5.26 Å². The largest absolute Gasteiger partial charge is 0.490 e. The number of nitriles is 1. The van der Waals surface area contributed by atoms with Crippen molar-refractivity contribution in [2.45, 2.75) is 31.8 Å². The minimum Gasteiger partial charge on any atom is -0.490 e.